The molecular weight excluding hydrogens is 470 g/mol. The van der Waals surface area contributed by atoms with Crippen LogP contribution in [0.1, 0.15) is 50.1 Å². The lowest BCUT2D eigenvalue weighted by Crippen LogP contribution is -1.93. The molecule has 0 aliphatic heterocycles. The van der Waals surface area contributed by atoms with Crippen molar-refractivity contribution in [2.45, 2.75) is 48.0 Å². The van der Waals surface area contributed by atoms with Crippen LogP contribution in [-0.2, 0) is 6.42 Å². The third-order valence-corrected chi connectivity index (χ3v) is 6.42. The van der Waals surface area contributed by atoms with Crippen LogP contribution in [-0.4, -0.2) is 4.98 Å². The van der Waals surface area contributed by atoms with Crippen LogP contribution in [0.25, 0.3) is 32.8 Å². The van der Waals surface area contributed by atoms with Gasteiger partial charge in [-0.25, -0.2) is 0 Å². The van der Waals surface area contributed by atoms with E-state index in [1.54, 1.807) is 0 Å². The normalized spacial score (nSPS) is 10.2. The van der Waals surface area contributed by atoms with Crippen LogP contribution in [0.3, 0.4) is 0 Å². The molecule has 0 N–H and O–H groups in total. The number of benzene rings is 5. The molecule has 1 aromatic heterocycles. The van der Waals surface area contributed by atoms with Gasteiger partial charge in [-0.15, -0.1) is 0 Å². The lowest BCUT2D eigenvalue weighted by Gasteiger charge is -2.12. The second-order valence-corrected chi connectivity index (χ2v) is 8.88. The molecule has 1 aliphatic carbocycles. The number of hydrogen-bond donors (Lipinski definition) is 0. The lowest BCUT2D eigenvalue weighted by molar-refractivity contribution is 1.26. The minimum atomic E-state index is 1.02. The number of aryl methyl sites for hydroxylation is 2. The maximum Gasteiger partial charge on any atom is 0.0714 e. The largest absolute Gasteiger partial charge is 0.252 e. The Hall–Kier alpha value is -4.23. The fraction of sp³-hybridized carbons (Fsp3) is 0.184. The molecule has 0 fully saturated rings. The van der Waals surface area contributed by atoms with E-state index in [-0.39, 0.29) is 0 Å². The quantitative estimate of drug-likeness (QED) is 0.184. The highest BCUT2D eigenvalue weighted by molar-refractivity contribution is 6.11. The Morgan fingerprint density at radius 2 is 1.03 bits per heavy atom. The molecule has 1 heteroatoms. The van der Waals surface area contributed by atoms with Crippen molar-refractivity contribution in [1.82, 2.24) is 4.98 Å². The minimum absolute atomic E-state index is 1.02. The molecule has 0 saturated heterocycles. The molecular formula is C38H41N. The molecule has 1 heterocycles. The third kappa shape index (κ3) is 7.21. The molecule has 6 aromatic rings. The molecule has 0 spiro atoms. The van der Waals surface area contributed by atoms with Gasteiger partial charge in [0.15, 0.2) is 0 Å². The summed E-state index contributed by atoms with van der Waals surface area (Å²) in [5, 5.41) is 3.95. The van der Waals surface area contributed by atoms with Gasteiger partial charge in [-0.2, -0.15) is 0 Å². The molecule has 0 bridgehead atoms. The summed E-state index contributed by atoms with van der Waals surface area (Å²) in [7, 11) is 0. The van der Waals surface area contributed by atoms with E-state index in [4.69, 9.17) is 4.98 Å². The van der Waals surface area contributed by atoms with Crippen LogP contribution >= 0.6 is 0 Å². The van der Waals surface area contributed by atoms with E-state index in [0.29, 0.717) is 0 Å². The molecule has 1 nitrogen and oxygen atoms in total. The van der Waals surface area contributed by atoms with E-state index in [0.717, 1.165) is 17.6 Å². The van der Waals surface area contributed by atoms with Crippen LogP contribution in [0.2, 0.25) is 0 Å². The van der Waals surface area contributed by atoms with Gasteiger partial charge in [-0.1, -0.05) is 149 Å². The van der Waals surface area contributed by atoms with Crippen LogP contribution in [0.4, 0.5) is 0 Å². The van der Waals surface area contributed by atoms with Crippen molar-refractivity contribution in [3.05, 3.63) is 150 Å². The number of aromatic nitrogens is 1. The Balaban J connectivity index is 0.000000216. The summed E-state index contributed by atoms with van der Waals surface area (Å²) in [6, 6.07) is 43.9. The van der Waals surface area contributed by atoms with Crippen molar-refractivity contribution in [2.75, 3.05) is 0 Å². The van der Waals surface area contributed by atoms with Crippen LogP contribution in [0, 0.1) is 13.8 Å². The highest BCUT2D eigenvalue weighted by Crippen LogP contribution is 2.42. The molecule has 7 rings (SSSR count). The second kappa shape index (κ2) is 15.2. The first-order valence-corrected chi connectivity index (χ1v) is 14.1. The van der Waals surface area contributed by atoms with Gasteiger partial charge in [-0.05, 0) is 59.5 Å². The lowest BCUT2D eigenvalue weighted by atomic mass is 9.95. The van der Waals surface area contributed by atoms with Crippen molar-refractivity contribution >= 4 is 21.7 Å². The standard InChI is InChI=1S/C22H17N.2C6H6.2C2H6/c1-13-7-8-19-21(11-13)23-14(2)16-9-10-18-17-6-4-3-5-15(17)12-20(18)22(16)19;2*1-2-4-6-5-3-1;2*1-2/h3-11H,12H2,1-2H3;2*1-6H;2*1-2H3. The molecule has 0 atom stereocenters. The maximum absolute atomic E-state index is 4.84. The Bertz CT molecular complexity index is 1480. The molecule has 0 unspecified atom stereocenters. The summed E-state index contributed by atoms with van der Waals surface area (Å²) in [6.45, 7) is 12.3. The zero-order valence-electron chi connectivity index (χ0n) is 24.3. The van der Waals surface area contributed by atoms with E-state index in [1.807, 2.05) is 100 Å². The summed E-state index contributed by atoms with van der Waals surface area (Å²) in [5.41, 5.74) is 9.17. The molecule has 0 amide bonds. The van der Waals surface area contributed by atoms with E-state index in [1.165, 1.54) is 44.0 Å². The van der Waals surface area contributed by atoms with E-state index >= 15 is 0 Å². The zero-order chi connectivity index (χ0) is 28.0. The van der Waals surface area contributed by atoms with Gasteiger partial charge < -0.3 is 0 Å². The highest BCUT2D eigenvalue weighted by Gasteiger charge is 2.22. The zero-order valence-corrected chi connectivity index (χ0v) is 24.3. The summed E-state index contributed by atoms with van der Waals surface area (Å²) in [6.07, 6.45) is 1.02. The van der Waals surface area contributed by atoms with E-state index in [2.05, 4.69) is 68.4 Å². The van der Waals surface area contributed by atoms with Crippen molar-refractivity contribution < 1.29 is 0 Å². The summed E-state index contributed by atoms with van der Waals surface area (Å²) >= 11 is 0. The second-order valence-electron chi connectivity index (χ2n) is 8.88. The monoisotopic (exact) mass is 511 g/mol. The molecule has 1 aliphatic rings. The first kappa shape index (κ1) is 29.3. The Kier molecular flexibility index (Phi) is 11.5. The third-order valence-electron chi connectivity index (χ3n) is 6.42. The summed E-state index contributed by atoms with van der Waals surface area (Å²) in [5.74, 6) is 0. The van der Waals surface area contributed by atoms with Crippen LogP contribution in [0.5, 0.6) is 0 Å². The SMILES string of the molecule is CC.CC.Cc1ccc2c(c1)nc(C)c1ccc3c(c12)Cc1ccccc1-3.c1ccccc1.c1ccccc1. The fourth-order valence-corrected chi connectivity index (χ4v) is 4.78. The fourth-order valence-electron chi connectivity index (χ4n) is 4.78. The van der Waals surface area contributed by atoms with Gasteiger partial charge in [0, 0.05) is 16.5 Å². The Morgan fingerprint density at radius 3 is 1.59 bits per heavy atom. The Morgan fingerprint density at radius 1 is 0.513 bits per heavy atom. The van der Waals surface area contributed by atoms with Crippen molar-refractivity contribution in [1.29, 1.82) is 0 Å². The molecule has 0 saturated carbocycles. The van der Waals surface area contributed by atoms with Gasteiger partial charge in [0.05, 0.1) is 5.52 Å². The first-order valence-electron chi connectivity index (χ1n) is 14.1. The van der Waals surface area contributed by atoms with E-state index < -0.39 is 0 Å². The molecule has 5 aromatic carbocycles. The molecule has 198 valence electrons. The van der Waals surface area contributed by atoms with Crippen LogP contribution < -0.4 is 0 Å². The number of hydrogen-bond acceptors (Lipinski definition) is 1. The van der Waals surface area contributed by atoms with Gasteiger partial charge >= 0.3 is 0 Å². The summed E-state index contributed by atoms with van der Waals surface area (Å²) < 4.78 is 0. The number of nitrogens with zero attached hydrogens (tertiary/aromatic N) is 1. The number of pyridine rings is 1. The van der Waals surface area contributed by atoms with E-state index in [9.17, 15) is 0 Å². The Labute approximate surface area is 235 Å². The van der Waals surface area contributed by atoms with Crippen molar-refractivity contribution in [3.8, 4) is 11.1 Å². The molecule has 39 heavy (non-hydrogen) atoms. The average molecular weight is 512 g/mol. The number of rotatable bonds is 0. The predicted octanol–water partition coefficient (Wildman–Crippen LogP) is 11.0. The average Bonchev–Trinajstić information content (AvgIpc) is 3.40. The van der Waals surface area contributed by atoms with Gasteiger partial charge in [0.25, 0.3) is 0 Å². The highest BCUT2D eigenvalue weighted by atomic mass is 14.7. The van der Waals surface area contributed by atoms with Crippen LogP contribution in [0.15, 0.2) is 127 Å². The van der Waals surface area contributed by atoms with Gasteiger partial charge in [-0.3, -0.25) is 4.98 Å². The first-order chi connectivity index (χ1) is 19.2. The maximum atomic E-state index is 4.84. The molecule has 0 radical (unpaired) electrons. The van der Waals surface area contributed by atoms with Gasteiger partial charge in [0.1, 0.15) is 0 Å². The van der Waals surface area contributed by atoms with Gasteiger partial charge in [0.2, 0.25) is 0 Å². The number of fused-ring (bicyclic) bond motifs is 7. The van der Waals surface area contributed by atoms with Crippen molar-refractivity contribution in [2.24, 2.45) is 0 Å². The predicted molar refractivity (Wildman–Crippen MR) is 173 cm³/mol. The summed E-state index contributed by atoms with van der Waals surface area (Å²) in [4.78, 5) is 4.84. The smallest absolute Gasteiger partial charge is 0.0714 e. The topological polar surface area (TPSA) is 12.9 Å². The van der Waals surface area contributed by atoms with Crippen molar-refractivity contribution in [3.63, 3.8) is 0 Å². The minimum Gasteiger partial charge on any atom is -0.252 e.